The Labute approximate surface area is 207 Å². The van der Waals surface area contributed by atoms with Gasteiger partial charge in [0.05, 0.1) is 11.3 Å². The van der Waals surface area contributed by atoms with Crippen molar-refractivity contribution in [2.75, 3.05) is 5.32 Å². The quantitative estimate of drug-likeness (QED) is 0.425. The maximum Gasteiger partial charge on any atom is 0.276 e. The average molecular weight is 489 g/mol. The predicted octanol–water partition coefficient (Wildman–Crippen LogP) is 5.27. The van der Waals surface area contributed by atoms with Crippen molar-refractivity contribution in [3.05, 3.63) is 76.9 Å². The van der Waals surface area contributed by atoms with Gasteiger partial charge >= 0.3 is 0 Å². The van der Waals surface area contributed by atoms with E-state index in [0.717, 1.165) is 75.0 Å². The van der Waals surface area contributed by atoms with E-state index < -0.39 is 5.82 Å². The van der Waals surface area contributed by atoms with Crippen molar-refractivity contribution in [1.29, 1.82) is 0 Å². The van der Waals surface area contributed by atoms with Crippen LogP contribution in [0, 0.1) is 11.6 Å². The molecule has 2 aromatic heterocycles. The summed E-state index contributed by atoms with van der Waals surface area (Å²) in [5, 5.41) is 16.1. The van der Waals surface area contributed by atoms with Crippen molar-refractivity contribution in [2.24, 2.45) is 0 Å². The van der Waals surface area contributed by atoms with Crippen LogP contribution in [0.15, 0.2) is 42.5 Å². The molecule has 0 saturated carbocycles. The third-order valence-corrected chi connectivity index (χ3v) is 7.04. The third-order valence-electron chi connectivity index (χ3n) is 7.04. The maximum absolute atomic E-state index is 14.9. The van der Waals surface area contributed by atoms with Gasteiger partial charge in [0, 0.05) is 29.9 Å². The summed E-state index contributed by atoms with van der Waals surface area (Å²) in [4.78, 5) is 13.4. The molecule has 0 saturated heterocycles. The topological polar surface area (TPSA) is 77.6 Å². The van der Waals surface area contributed by atoms with Crippen LogP contribution < -0.4 is 5.32 Å². The summed E-state index contributed by atoms with van der Waals surface area (Å²) >= 11 is 0. The van der Waals surface area contributed by atoms with E-state index in [1.165, 1.54) is 18.2 Å². The van der Waals surface area contributed by atoms with E-state index >= 15 is 0 Å². The lowest BCUT2D eigenvalue weighted by molar-refractivity contribution is 0.102. The number of aromatic nitrogens is 5. The Morgan fingerprint density at radius 1 is 0.889 bits per heavy atom. The molecule has 184 valence electrons. The Morgan fingerprint density at radius 3 is 2.56 bits per heavy atom. The van der Waals surface area contributed by atoms with Crippen LogP contribution in [-0.4, -0.2) is 30.5 Å². The number of fused-ring (bicyclic) bond motifs is 2. The Morgan fingerprint density at radius 2 is 1.69 bits per heavy atom. The van der Waals surface area contributed by atoms with E-state index in [9.17, 15) is 13.6 Å². The molecule has 6 rings (SSSR count). The van der Waals surface area contributed by atoms with E-state index in [0.29, 0.717) is 28.5 Å². The van der Waals surface area contributed by atoms with E-state index in [1.807, 2.05) is 4.57 Å². The van der Waals surface area contributed by atoms with Crippen LogP contribution >= 0.6 is 0 Å². The Kier molecular flexibility index (Phi) is 5.83. The fourth-order valence-corrected chi connectivity index (χ4v) is 5.23. The summed E-state index contributed by atoms with van der Waals surface area (Å²) in [5.74, 6) is 0.263. The molecule has 2 aromatic carbocycles. The molecule has 4 aromatic rings. The fraction of sp³-hybridized carbons (Fsp3) is 0.333. The molecular formula is C27H26F2N6O. The van der Waals surface area contributed by atoms with Gasteiger partial charge in [0.25, 0.3) is 5.91 Å². The number of nitrogens with one attached hydrogen (secondary N) is 1. The predicted molar refractivity (Wildman–Crippen MR) is 131 cm³/mol. The van der Waals surface area contributed by atoms with Gasteiger partial charge in [0.2, 0.25) is 0 Å². The number of benzene rings is 2. The van der Waals surface area contributed by atoms with Gasteiger partial charge in [-0.15, -0.1) is 10.2 Å². The highest BCUT2D eigenvalue weighted by Gasteiger charge is 2.26. The van der Waals surface area contributed by atoms with E-state index in [2.05, 4.69) is 20.6 Å². The van der Waals surface area contributed by atoms with E-state index in [-0.39, 0.29) is 11.7 Å². The SMILES string of the molecule is O=C(Nc1ccc(F)c(-c2nnc3n2CCCCC3)c1)c1nn(-c2ccc(F)cc2)c2c1CCCC2. The van der Waals surface area contributed by atoms with Gasteiger partial charge in [-0.1, -0.05) is 6.42 Å². The molecule has 0 fully saturated rings. The normalized spacial score (nSPS) is 15.2. The molecule has 1 aliphatic carbocycles. The second kappa shape index (κ2) is 9.29. The zero-order chi connectivity index (χ0) is 24.6. The molecule has 1 aliphatic heterocycles. The number of halogens is 2. The van der Waals surface area contributed by atoms with Crippen molar-refractivity contribution in [3.63, 3.8) is 0 Å². The number of nitrogens with zero attached hydrogens (tertiary/aromatic N) is 5. The summed E-state index contributed by atoms with van der Waals surface area (Å²) in [6.45, 7) is 0.751. The van der Waals surface area contributed by atoms with Gasteiger partial charge in [-0.2, -0.15) is 5.10 Å². The maximum atomic E-state index is 14.9. The van der Waals surface area contributed by atoms with Crippen molar-refractivity contribution >= 4 is 11.6 Å². The average Bonchev–Trinajstić information content (AvgIpc) is 3.39. The number of aryl methyl sites for hydroxylation is 1. The molecule has 9 heteroatoms. The summed E-state index contributed by atoms with van der Waals surface area (Å²) in [6, 6.07) is 10.6. The zero-order valence-electron chi connectivity index (χ0n) is 19.8. The highest BCUT2D eigenvalue weighted by atomic mass is 19.1. The molecule has 0 radical (unpaired) electrons. The van der Waals surface area contributed by atoms with E-state index in [1.54, 1.807) is 28.9 Å². The Hall–Kier alpha value is -3.88. The second-order valence-corrected chi connectivity index (χ2v) is 9.42. The monoisotopic (exact) mass is 488 g/mol. The minimum Gasteiger partial charge on any atom is -0.321 e. The number of rotatable bonds is 4. The third kappa shape index (κ3) is 4.08. The van der Waals surface area contributed by atoms with Crippen LogP contribution in [0.5, 0.6) is 0 Å². The van der Waals surface area contributed by atoms with Crippen molar-refractivity contribution in [3.8, 4) is 17.1 Å². The summed E-state index contributed by atoms with van der Waals surface area (Å²) in [7, 11) is 0. The molecule has 1 amide bonds. The number of hydrogen-bond acceptors (Lipinski definition) is 4. The Bertz CT molecular complexity index is 1440. The first-order valence-corrected chi connectivity index (χ1v) is 12.5. The summed E-state index contributed by atoms with van der Waals surface area (Å²) in [5.41, 5.74) is 3.72. The summed E-state index contributed by atoms with van der Waals surface area (Å²) < 4.78 is 32.1. The molecule has 7 nitrogen and oxygen atoms in total. The van der Waals surface area contributed by atoms with Gasteiger partial charge in [-0.05, 0) is 81.0 Å². The van der Waals surface area contributed by atoms with Gasteiger partial charge in [-0.3, -0.25) is 4.79 Å². The highest BCUT2D eigenvalue weighted by Crippen LogP contribution is 2.30. The lowest BCUT2D eigenvalue weighted by Gasteiger charge is -2.14. The molecule has 0 unspecified atom stereocenters. The van der Waals surface area contributed by atoms with Gasteiger partial charge in [0.15, 0.2) is 11.5 Å². The number of anilines is 1. The molecule has 2 aliphatic rings. The second-order valence-electron chi connectivity index (χ2n) is 9.42. The van der Waals surface area contributed by atoms with Crippen LogP contribution in [0.4, 0.5) is 14.5 Å². The lowest BCUT2D eigenvalue weighted by Crippen LogP contribution is -2.16. The fourth-order valence-electron chi connectivity index (χ4n) is 5.23. The first-order valence-electron chi connectivity index (χ1n) is 12.5. The number of hydrogen-bond donors (Lipinski definition) is 1. The molecule has 0 spiro atoms. The summed E-state index contributed by atoms with van der Waals surface area (Å²) in [6.07, 6.45) is 7.50. The molecule has 0 bridgehead atoms. The molecule has 3 heterocycles. The largest absolute Gasteiger partial charge is 0.321 e. The van der Waals surface area contributed by atoms with Crippen LogP contribution in [0.25, 0.3) is 17.1 Å². The van der Waals surface area contributed by atoms with Crippen LogP contribution in [0.2, 0.25) is 0 Å². The molecule has 36 heavy (non-hydrogen) atoms. The van der Waals surface area contributed by atoms with Gasteiger partial charge in [0.1, 0.15) is 17.5 Å². The Balaban J connectivity index is 1.32. The number of carbonyl (C=O) groups excluding carboxylic acids is 1. The van der Waals surface area contributed by atoms with Gasteiger partial charge in [-0.25, -0.2) is 13.5 Å². The molecule has 0 atom stereocenters. The lowest BCUT2D eigenvalue weighted by atomic mass is 9.95. The number of carbonyl (C=O) groups is 1. The van der Waals surface area contributed by atoms with Crippen molar-refractivity contribution in [1.82, 2.24) is 24.5 Å². The minimum absolute atomic E-state index is 0.312. The van der Waals surface area contributed by atoms with Crippen LogP contribution in [0.3, 0.4) is 0 Å². The molecular weight excluding hydrogens is 462 g/mol. The first kappa shape index (κ1) is 22.6. The van der Waals surface area contributed by atoms with Crippen LogP contribution in [0.1, 0.15) is 59.7 Å². The smallest absolute Gasteiger partial charge is 0.276 e. The van der Waals surface area contributed by atoms with Crippen molar-refractivity contribution < 1.29 is 13.6 Å². The zero-order valence-corrected chi connectivity index (χ0v) is 19.8. The standard InChI is InChI=1S/C27H26F2N6O/c28-17-9-12-19(13-10-17)35-23-7-4-3-6-20(23)25(33-35)27(36)30-18-11-14-22(29)21(16-18)26-32-31-24-8-2-1-5-15-34(24)26/h9-14,16H,1-8,15H2,(H,30,36). The number of amides is 1. The highest BCUT2D eigenvalue weighted by molar-refractivity contribution is 6.04. The van der Waals surface area contributed by atoms with Crippen molar-refractivity contribution in [2.45, 2.75) is 57.9 Å². The van der Waals surface area contributed by atoms with E-state index in [4.69, 9.17) is 0 Å². The van der Waals surface area contributed by atoms with Crippen LogP contribution in [-0.2, 0) is 25.8 Å². The molecule has 1 N–H and O–H groups in total. The first-order chi connectivity index (χ1) is 17.6. The minimum atomic E-state index is -0.412. The van der Waals surface area contributed by atoms with Gasteiger partial charge < -0.3 is 9.88 Å².